The van der Waals surface area contributed by atoms with Crippen LogP contribution in [0.1, 0.15) is 5.56 Å². The molecule has 0 unspecified atom stereocenters. The second-order valence-electron chi connectivity index (χ2n) is 7.43. The molecule has 0 aliphatic carbocycles. The van der Waals surface area contributed by atoms with Gasteiger partial charge in [-0.05, 0) is 54.4 Å². The molecule has 0 radical (unpaired) electrons. The Morgan fingerprint density at radius 3 is 2.37 bits per heavy atom. The minimum atomic E-state index is -0.674. The zero-order valence-electron chi connectivity index (χ0n) is 17.8. The maximum absolute atomic E-state index is 13.5. The maximum atomic E-state index is 13.5. The zero-order chi connectivity index (χ0) is 25.1. The van der Waals surface area contributed by atoms with Gasteiger partial charge in [-0.25, -0.2) is 0 Å². The van der Waals surface area contributed by atoms with Crippen molar-refractivity contribution in [3.63, 3.8) is 0 Å². The molecule has 1 fully saturated rings. The topological polar surface area (TPSA) is 73.2 Å². The minimum absolute atomic E-state index is 0.206. The van der Waals surface area contributed by atoms with Crippen LogP contribution in [0.5, 0.6) is 0 Å². The quantitative estimate of drug-likeness (QED) is 0.260. The number of nitriles is 1. The number of hydrogen-bond acceptors (Lipinski definition) is 4. The van der Waals surface area contributed by atoms with Gasteiger partial charge in [-0.15, -0.1) is 0 Å². The van der Waals surface area contributed by atoms with Crippen molar-refractivity contribution in [2.75, 3.05) is 10.2 Å². The highest BCUT2D eigenvalue weighted by atomic mass is 35.5. The van der Waals surface area contributed by atoms with E-state index in [4.69, 9.17) is 46.4 Å². The van der Waals surface area contributed by atoms with Crippen LogP contribution < -0.4 is 10.2 Å². The molecule has 3 aromatic rings. The molecule has 1 N–H and O–H groups in total. The number of benzene rings is 3. The fraction of sp³-hybridized carbons (Fsp3) is 0.0800. The molecule has 1 aliphatic rings. The van der Waals surface area contributed by atoms with Crippen LogP contribution in [0.3, 0.4) is 0 Å². The van der Waals surface area contributed by atoms with Gasteiger partial charge in [-0.1, -0.05) is 82.4 Å². The minimum Gasteiger partial charge on any atom is -0.321 e. The van der Waals surface area contributed by atoms with Crippen molar-refractivity contribution in [2.45, 2.75) is 11.7 Å². The van der Waals surface area contributed by atoms with E-state index in [9.17, 15) is 14.9 Å². The maximum Gasteiger partial charge on any atom is 0.269 e. The highest BCUT2D eigenvalue weighted by Crippen LogP contribution is 2.42. The summed E-state index contributed by atoms with van der Waals surface area (Å²) in [5.41, 5.74) is 1.43. The van der Waals surface area contributed by atoms with Gasteiger partial charge in [0, 0.05) is 21.4 Å². The van der Waals surface area contributed by atoms with Crippen LogP contribution in [-0.4, -0.2) is 17.1 Å². The first-order chi connectivity index (χ1) is 16.8. The highest BCUT2D eigenvalue weighted by Gasteiger charge is 2.41. The molecule has 4 rings (SSSR count). The summed E-state index contributed by atoms with van der Waals surface area (Å²) in [7, 11) is 0. The molecule has 2 amide bonds. The van der Waals surface area contributed by atoms with E-state index < -0.39 is 11.2 Å². The molecule has 0 spiro atoms. The van der Waals surface area contributed by atoms with Gasteiger partial charge >= 0.3 is 0 Å². The van der Waals surface area contributed by atoms with E-state index in [1.54, 1.807) is 48.5 Å². The van der Waals surface area contributed by atoms with Crippen LogP contribution in [0.15, 0.2) is 77.3 Å². The lowest BCUT2D eigenvalue weighted by Gasteiger charge is -2.18. The number of anilines is 2. The van der Waals surface area contributed by atoms with Crippen LogP contribution in [-0.2, 0) is 16.0 Å². The van der Waals surface area contributed by atoms with Crippen LogP contribution in [0.25, 0.3) is 0 Å². The van der Waals surface area contributed by atoms with E-state index in [1.807, 2.05) is 12.1 Å². The van der Waals surface area contributed by atoms with Crippen LogP contribution >= 0.6 is 58.2 Å². The second kappa shape index (κ2) is 10.9. The molecule has 0 aromatic heterocycles. The van der Waals surface area contributed by atoms with Crippen LogP contribution in [0, 0.1) is 11.3 Å². The average molecular weight is 563 g/mol. The molecule has 10 heteroatoms. The molecule has 0 saturated carbocycles. The standard InChI is InChI=1S/C25H15Cl4N3O2S/c26-15-7-6-14(20(28)11-15)10-22-24(34)32(17-4-2-1-3-5-17)25(35-22)18(13-30)23(33)31-16-8-9-19(27)21(29)12-16/h1-9,11-12,22H,10H2,(H,31,33)/b25-18-/t22-/m1/s1. The van der Waals surface area contributed by atoms with Gasteiger partial charge in [0.1, 0.15) is 16.7 Å². The first kappa shape index (κ1) is 25.4. The van der Waals surface area contributed by atoms with Crippen molar-refractivity contribution in [3.8, 4) is 6.07 Å². The van der Waals surface area contributed by atoms with Gasteiger partial charge in [0.15, 0.2) is 0 Å². The SMILES string of the molecule is N#C/C(C(=O)Nc1ccc(Cl)c(Cl)c1)=C1/S[C@H](Cc2ccc(Cl)cc2Cl)C(=O)N1c1ccccc1. The summed E-state index contributed by atoms with van der Waals surface area (Å²) in [6, 6.07) is 20.5. The molecule has 0 bridgehead atoms. The molecule has 35 heavy (non-hydrogen) atoms. The average Bonchev–Trinajstić information content (AvgIpc) is 3.14. The Balaban J connectivity index is 1.72. The van der Waals surface area contributed by atoms with Crippen molar-refractivity contribution < 1.29 is 9.59 Å². The van der Waals surface area contributed by atoms with Gasteiger partial charge in [-0.3, -0.25) is 14.5 Å². The van der Waals surface area contributed by atoms with Gasteiger partial charge in [0.25, 0.3) is 5.91 Å². The van der Waals surface area contributed by atoms with E-state index >= 15 is 0 Å². The summed E-state index contributed by atoms with van der Waals surface area (Å²) in [4.78, 5) is 28.0. The summed E-state index contributed by atoms with van der Waals surface area (Å²) in [5.74, 6) is -0.940. The number of nitrogens with zero attached hydrogens (tertiary/aromatic N) is 2. The lowest BCUT2D eigenvalue weighted by molar-refractivity contribution is -0.117. The van der Waals surface area contributed by atoms with E-state index in [2.05, 4.69) is 5.32 Å². The Kier molecular flexibility index (Phi) is 7.95. The molecular formula is C25H15Cl4N3O2S. The van der Waals surface area contributed by atoms with Gasteiger partial charge in [-0.2, -0.15) is 5.26 Å². The Labute approximate surface area is 226 Å². The number of halogens is 4. The number of hydrogen-bond donors (Lipinski definition) is 1. The lowest BCUT2D eigenvalue weighted by Crippen LogP contribution is -2.30. The van der Waals surface area contributed by atoms with Crippen molar-refractivity contribution >= 4 is 81.4 Å². The fourth-order valence-corrected chi connectivity index (χ4v) is 5.53. The number of nitrogens with one attached hydrogen (secondary N) is 1. The van der Waals surface area contributed by atoms with E-state index in [0.717, 1.165) is 17.3 Å². The van der Waals surface area contributed by atoms with Gasteiger partial charge in [0.05, 0.1) is 15.3 Å². The third kappa shape index (κ3) is 5.61. The van der Waals surface area contributed by atoms with Gasteiger partial charge < -0.3 is 5.32 Å². The number of para-hydroxylation sites is 1. The summed E-state index contributed by atoms with van der Waals surface area (Å²) in [6.07, 6.45) is 0.291. The van der Waals surface area contributed by atoms with Crippen molar-refractivity contribution in [1.29, 1.82) is 5.26 Å². The summed E-state index contributed by atoms with van der Waals surface area (Å²) < 4.78 is 0. The van der Waals surface area contributed by atoms with E-state index in [0.29, 0.717) is 32.9 Å². The molecule has 176 valence electrons. The van der Waals surface area contributed by atoms with E-state index in [1.165, 1.54) is 17.0 Å². The first-order valence-corrected chi connectivity index (χ1v) is 12.6. The lowest BCUT2D eigenvalue weighted by atomic mass is 10.1. The van der Waals surface area contributed by atoms with Crippen molar-refractivity contribution in [1.82, 2.24) is 0 Å². The second-order valence-corrected chi connectivity index (χ2v) is 10.3. The summed E-state index contributed by atoms with van der Waals surface area (Å²) in [6.45, 7) is 0. The molecular weight excluding hydrogens is 548 g/mol. The number of rotatable bonds is 5. The normalized spacial score (nSPS) is 16.7. The predicted octanol–water partition coefficient (Wildman–Crippen LogP) is 7.37. The Morgan fingerprint density at radius 1 is 0.971 bits per heavy atom. The third-order valence-corrected chi connectivity index (χ3v) is 7.71. The van der Waals surface area contributed by atoms with Crippen molar-refractivity contribution in [3.05, 3.63) is 103 Å². The Hall–Kier alpha value is -2.66. The number of thioether (sulfide) groups is 1. The number of carbonyl (C=O) groups excluding carboxylic acids is 2. The van der Waals surface area contributed by atoms with Gasteiger partial charge in [0.2, 0.25) is 5.91 Å². The van der Waals surface area contributed by atoms with Crippen molar-refractivity contribution in [2.24, 2.45) is 0 Å². The zero-order valence-corrected chi connectivity index (χ0v) is 21.6. The molecule has 5 nitrogen and oxygen atoms in total. The molecule has 3 aromatic carbocycles. The smallest absolute Gasteiger partial charge is 0.269 e. The summed E-state index contributed by atoms with van der Waals surface area (Å²) >= 11 is 25.5. The fourth-order valence-electron chi connectivity index (χ4n) is 3.45. The molecule has 1 saturated heterocycles. The van der Waals surface area contributed by atoms with Crippen LogP contribution in [0.4, 0.5) is 11.4 Å². The molecule has 1 aliphatic heterocycles. The molecule has 1 heterocycles. The largest absolute Gasteiger partial charge is 0.321 e. The number of carbonyl (C=O) groups is 2. The Morgan fingerprint density at radius 2 is 1.71 bits per heavy atom. The highest BCUT2D eigenvalue weighted by molar-refractivity contribution is 8.05. The summed E-state index contributed by atoms with van der Waals surface area (Å²) in [5, 5.41) is 13.7. The number of amides is 2. The Bertz CT molecular complexity index is 1390. The van der Waals surface area contributed by atoms with E-state index in [-0.39, 0.29) is 21.5 Å². The first-order valence-electron chi connectivity index (χ1n) is 10.2. The molecule has 1 atom stereocenters. The monoisotopic (exact) mass is 561 g/mol. The third-order valence-electron chi connectivity index (χ3n) is 5.12. The predicted molar refractivity (Wildman–Crippen MR) is 143 cm³/mol. The van der Waals surface area contributed by atoms with Crippen LogP contribution in [0.2, 0.25) is 20.1 Å².